The number of aromatic nitrogens is 1. The van der Waals surface area contributed by atoms with Crippen LogP contribution in [-0.2, 0) is 9.53 Å². The highest BCUT2D eigenvalue weighted by atomic mass is 32.1. The Morgan fingerprint density at radius 2 is 1.83 bits per heavy atom. The summed E-state index contributed by atoms with van der Waals surface area (Å²) < 4.78 is 30.4. The number of thiazole rings is 1. The summed E-state index contributed by atoms with van der Waals surface area (Å²) in [5.74, 6) is 1.67. The van der Waals surface area contributed by atoms with Crippen molar-refractivity contribution in [3.63, 3.8) is 0 Å². The first-order valence-corrected chi connectivity index (χ1v) is 14.6. The Balaban J connectivity index is 1.89. The fraction of sp³-hybridized carbons (Fsp3) is 0.344. The van der Waals surface area contributed by atoms with Crippen LogP contribution in [0, 0.1) is 0 Å². The summed E-state index contributed by atoms with van der Waals surface area (Å²) in [5, 5.41) is 0. The maximum Gasteiger partial charge on any atom is 0.338 e. The second-order valence-corrected chi connectivity index (χ2v) is 10.6. The van der Waals surface area contributed by atoms with Crippen molar-refractivity contribution in [3.05, 3.63) is 91.1 Å². The number of hydrogen-bond donors (Lipinski definition) is 0. The summed E-state index contributed by atoms with van der Waals surface area (Å²) in [5.41, 5.74) is 1.90. The lowest BCUT2D eigenvalue weighted by Crippen LogP contribution is -2.40. The maximum absolute atomic E-state index is 14.0. The van der Waals surface area contributed by atoms with E-state index in [4.69, 9.17) is 23.7 Å². The van der Waals surface area contributed by atoms with Gasteiger partial charge in [-0.1, -0.05) is 36.1 Å². The Morgan fingerprint density at radius 1 is 1.07 bits per heavy atom. The smallest absolute Gasteiger partial charge is 0.338 e. The van der Waals surface area contributed by atoms with Gasteiger partial charge < -0.3 is 23.7 Å². The Morgan fingerprint density at radius 3 is 2.50 bits per heavy atom. The molecule has 10 heteroatoms. The molecule has 4 rings (SSSR count). The van der Waals surface area contributed by atoms with Crippen LogP contribution in [-0.4, -0.2) is 43.6 Å². The van der Waals surface area contributed by atoms with Gasteiger partial charge in [-0.05, 0) is 76.1 Å². The molecule has 2 heterocycles. The number of esters is 1. The number of carbonyl (C=O) groups excluding carboxylic acids is 1. The Bertz CT molecular complexity index is 1680. The molecule has 1 atom stereocenters. The molecular formula is C32H36N2O7S. The fourth-order valence-corrected chi connectivity index (χ4v) is 5.66. The predicted octanol–water partition coefficient (Wildman–Crippen LogP) is 4.56. The number of fused-ring (bicyclic) bond motifs is 1. The summed E-state index contributed by atoms with van der Waals surface area (Å²) in [6, 6.07) is 10.1. The molecule has 42 heavy (non-hydrogen) atoms. The van der Waals surface area contributed by atoms with E-state index >= 15 is 0 Å². The van der Waals surface area contributed by atoms with E-state index in [9.17, 15) is 9.59 Å². The van der Waals surface area contributed by atoms with E-state index < -0.39 is 12.0 Å². The van der Waals surface area contributed by atoms with Crippen molar-refractivity contribution < 1.29 is 28.5 Å². The van der Waals surface area contributed by atoms with Gasteiger partial charge in [0.1, 0.15) is 6.61 Å². The lowest BCUT2D eigenvalue weighted by Gasteiger charge is -2.25. The molecule has 0 N–H and O–H groups in total. The monoisotopic (exact) mass is 592 g/mol. The van der Waals surface area contributed by atoms with Crippen molar-refractivity contribution in [1.29, 1.82) is 0 Å². The highest BCUT2D eigenvalue weighted by molar-refractivity contribution is 7.07. The maximum atomic E-state index is 14.0. The molecule has 2 aromatic carbocycles. The van der Waals surface area contributed by atoms with Gasteiger partial charge >= 0.3 is 5.97 Å². The van der Waals surface area contributed by atoms with Crippen LogP contribution in [0.5, 0.6) is 23.0 Å². The molecule has 1 aromatic heterocycles. The minimum Gasteiger partial charge on any atom is -0.493 e. The molecule has 1 aliphatic rings. The van der Waals surface area contributed by atoms with Crippen molar-refractivity contribution in [2.24, 2.45) is 4.99 Å². The third-order valence-electron chi connectivity index (χ3n) is 6.31. The average Bonchev–Trinajstić information content (AvgIpc) is 3.26. The molecule has 0 radical (unpaired) electrons. The van der Waals surface area contributed by atoms with Crippen LogP contribution in [0.4, 0.5) is 0 Å². The van der Waals surface area contributed by atoms with Crippen molar-refractivity contribution in [2.75, 3.05) is 26.9 Å². The number of methoxy groups -OCH3 is 1. The van der Waals surface area contributed by atoms with Crippen LogP contribution in [0.3, 0.4) is 0 Å². The average molecular weight is 593 g/mol. The van der Waals surface area contributed by atoms with E-state index in [-0.39, 0.29) is 23.8 Å². The number of benzene rings is 2. The van der Waals surface area contributed by atoms with Crippen LogP contribution in [0.2, 0.25) is 0 Å². The first kappa shape index (κ1) is 30.6. The molecule has 1 aliphatic heterocycles. The molecule has 9 nitrogen and oxygen atoms in total. The van der Waals surface area contributed by atoms with Gasteiger partial charge in [-0.25, -0.2) is 9.79 Å². The topological polar surface area (TPSA) is 97.6 Å². The summed E-state index contributed by atoms with van der Waals surface area (Å²) in [6.45, 7) is 13.9. The summed E-state index contributed by atoms with van der Waals surface area (Å²) in [7, 11) is 1.55. The van der Waals surface area contributed by atoms with Gasteiger partial charge in [0.15, 0.2) is 27.8 Å². The van der Waals surface area contributed by atoms with Gasteiger partial charge in [0.25, 0.3) is 5.56 Å². The van der Waals surface area contributed by atoms with Crippen LogP contribution in [0.15, 0.2) is 70.1 Å². The molecule has 0 amide bonds. The number of allylic oxidation sites excluding steroid dienone is 1. The third kappa shape index (κ3) is 6.44. The molecule has 0 fully saturated rings. The van der Waals surface area contributed by atoms with Crippen molar-refractivity contribution in [2.45, 2.75) is 46.8 Å². The Hall–Kier alpha value is -4.31. The first-order chi connectivity index (χ1) is 20.2. The van der Waals surface area contributed by atoms with Gasteiger partial charge in [-0.3, -0.25) is 9.36 Å². The number of rotatable bonds is 12. The fourth-order valence-electron chi connectivity index (χ4n) is 4.61. The number of ether oxygens (including phenoxy) is 5. The van der Waals surface area contributed by atoms with E-state index in [0.29, 0.717) is 56.8 Å². The van der Waals surface area contributed by atoms with E-state index in [2.05, 4.69) is 11.6 Å². The van der Waals surface area contributed by atoms with E-state index in [0.717, 1.165) is 5.56 Å². The zero-order chi connectivity index (χ0) is 30.4. The summed E-state index contributed by atoms with van der Waals surface area (Å²) in [6.07, 6.45) is 3.38. The second-order valence-electron chi connectivity index (χ2n) is 9.62. The molecule has 0 saturated heterocycles. The lowest BCUT2D eigenvalue weighted by molar-refractivity contribution is -0.139. The highest BCUT2D eigenvalue weighted by Gasteiger charge is 2.34. The first-order valence-electron chi connectivity index (χ1n) is 13.8. The normalized spacial score (nSPS) is 14.7. The van der Waals surface area contributed by atoms with Crippen LogP contribution >= 0.6 is 11.3 Å². The van der Waals surface area contributed by atoms with Crippen molar-refractivity contribution in [3.8, 4) is 23.0 Å². The van der Waals surface area contributed by atoms with Gasteiger partial charge in [0.05, 0.1) is 48.3 Å². The Kier molecular flexibility index (Phi) is 9.90. The molecule has 0 unspecified atom stereocenters. The molecule has 3 aromatic rings. The van der Waals surface area contributed by atoms with Crippen LogP contribution in [0.25, 0.3) is 6.08 Å². The zero-order valence-corrected chi connectivity index (χ0v) is 25.6. The van der Waals surface area contributed by atoms with E-state index in [1.165, 1.54) is 11.3 Å². The number of nitrogens with zero attached hydrogens (tertiary/aromatic N) is 2. The zero-order valence-electron chi connectivity index (χ0n) is 24.8. The van der Waals surface area contributed by atoms with Crippen LogP contribution in [0.1, 0.15) is 51.8 Å². The van der Waals surface area contributed by atoms with Crippen molar-refractivity contribution in [1.82, 2.24) is 4.57 Å². The van der Waals surface area contributed by atoms with Crippen molar-refractivity contribution >= 4 is 23.4 Å². The third-order valence-corrected chi connectivity index (χ3v) is 7.29. The van der Waals surface area contributed by atoms with E-state index in [1.54, 1.807) is 55.9 Å². The summed E-state index contributed by atoms with van der Waals surface area (Å²) in [4.78, 5) is 32.4. The minimum absolute atomic E-state index is 0.0643. The summed E-state index contributed by atoms with van der Waals surface area (Å²) >= 11 is 1.25. The largest absolute Gasteiger partial charge is 0.493 e. The van der Waals surface area contributed by atoms with Gasteiger partial charge in [-0.2, -0.15) is 0 Å². The highest BCUT2D eigenvalue weighted by Crippen LogP contribution is 2.36. The molecule has 0 bridgehead atoms. The van der Waals surface area contributed by atoms with Gasteiger partial charge in [0.2, 0.25) is 0 Å². The molecule has 222 valence electrons. The molecule has 0 saturated carbocycles. The SMILES string of the molecule is C=CCOc1ccc(/C=c2\sc3n(c2=O)[C@@H](c2ccc(OC(C)C)c(OC)c2)C(C(=O)OCC)=C(C)N=3)cc1OCC. The second kappa shape index (κ2) is 13.6. The lowest BCUT2D eigenvalue weighted by atomic mass is 9.95. The molecule has 0 aliphatic carbocycles. The molecule has 0 spiro atoms. The van der Waals surface area contributed by atoms with Crippen LogP contribution < -0.4 is 33.8 Å². The number of hydrogen-bond acceptors (Lipinski definition) is 9. The quantitative estimate of drug-likeness (QED) is 0.225. The number of carbonyl (C=O) groups is 1. The van der Waals surface area contributed by atoms with Gasteiger partial charge in [0, 0.05) is 0 Å². The van der Waals surface area contributed by atoms with E-state index in [1.807, 2.05) is 39.0 Å². The molecular weight excluding hydrogens is 556 g/mol. The van der Waals surface area contributed by atoms with Gasteiger partial charge in [-0.15, -0.1) is 0 Å². The predicted molar refractivity (Wildman–Crippen MR) is 162 cm³/mol. The Labute approximate surface area is 249 Å². The standard InChI is InChI=1S/C32H36N2O7S/c1-8-15-40-23-13-11-21(16-26(23)38-9-2)17-27-30(35)34-29(22-12-14-24(41-19(4)5)25(18-22)37-7)28(31(36)39-10-3)20(6)33-32(34)42-27/h8,11-14,16-19,29H,1,9-10,15H2,2-7H3/b27-17-/t29-/m0/s1. The minimum atomic E-state index is -0.780.